The van der Waals surface area contributed by atoms with Gasteiger partial charge < -0.3 is 4.74 Å². The van der Waals surface area contributed by atoms with Crippen molar-refractivity contribution in [2.24, 2.45) is 0 Å². The molecule has 0 radical (unpaired) electrons. The summed E-state index contributed by atoms with van der Waals surface area (Å²) in [6.07, 6.45) is 1.56. The SMILES string of the molecule is ClCc1cc(OCc2cccs2)ncc1Cl. The van der Waals surface area contributed by atoms with E-state index in [-0.39, 0.29) is 0 Å². The van der Waals surface area contributed by atoms with Crippen molar-refractivity contribution in [3.63, 3.8) is 0 Å². The molecule has 2 rings (SSSR count). The van der Waals surface area contributed by atoms with E-state index < -0.39 is 0 Å². The monoisotopic (exact) mass is 273 g/mol. The van der Waals surface area contributed by atoms with Gasteiger partial charge in [0.2, 0.25) is 5.88 Å². The molecule has 5 heteroatoms. The van der Waals surface area contributed by atoms with E-state index in [2.05, 4.69) is 4.98 Å². The van der Waals surface area contributed by atoms with E-state index in [1.807, 2.05) is 17.5 Å². The fourth-order valence-electron chi connectivity index (χ4n) is 1.18. The highest BCUT2D eigenvalue weighted by atomic mass is 35.5. The number of alkyl halides is 1. The number of pyridine rings is 1. The van der Waals surface area contributed by atoms with Gasteiger partial charge >= 0.3 is 0 Å². The van der Waals surface area contributed by atoms with Gasteiger partial charge in [0.25, 0.3) is 0 Å². The Kier molecular flexibility index (Phi) is 4.04. The number of aromatic nitrogens is 1. The number of hydrogen-bond acceptors (Lipinski definition) is 3. The van der Waals surface area contributed by atoms with Gasteiger partial charge in [-0.05, 0) is 17.0 Å². The molecule has 0 atom stereocenters. The molecule has 16 heavy (non-hydrogen) atoms. The Morgan fingerprint density at radius 3 is 3.00 bits per heavy atom. The molecule has 0 saturated carbocycles. The van der Waals surface area contributed by atoms with Crippen LogP contribution in [0.2, 0.25) is 5.02 Å². The highest BCUT2D eigenvalue weighted by Gasteiger charge is 2.03. The Morgan fingerprint density at radius 1 is 1.44 bits per heavy atom. The summed E-state index contributed by atoms with van der Waals surface area (Å²) in [5, 5.41) is 2.58. The molecule has 0 aliphatic heterocycles. The second kappa shape index (κ2) is 5.53. The van der Waals surface area contributed by atoms with Crippen molar-refractivity contribution in [3.05, 3.63) is 45.2 Å². The fourth-order valence-corrected chi connectivity index (χ4v) is 2.26. The van der Waals surface area contributed by atoms with Gasteiger partial charge in [-0.1, -0.05) is 17.7 Å². The highest BCUT2D eigenvalue weighted by molar-refractivity contribution is 7.09. The van der Waals surface area contributed by atoms with Gasteiger partial charge in [0.15, 0.2) is 0 Å². The van der Waals surface area contributed by atoms with E-state index in [1.54, 1.807) is 23.6 Å². The van der Waals surface area contributed by atoms with Gasteiger partial charge in [-0.15, -0.1) is 22.9 Å². The number of nitrogens with zero attached hydrogens (tertiary/aromatic N) is 1. The van der Waals surface area contributed by atoms with Crippen molar-refractivity contribution in [1.82, 2.24) is 4.98 Å². The molecule has 0 aromatic carbocycles. The maximum atomic E-state index is 5.90. The largest absolute Gasteiger partial charge is 0.472 e. The summed E-state index contributed by atoms with van der Waals surface area (Å²) in [5.74, 6) is 0.907. The van der Waals surface area contributed by atoms with Gasteiger partial charge in [0.05, 0.1) is 5.02 Å². The zero-order chi connectivity index (χ0) is 11.4. The molecule has 0 aliphatic carbocycles. The van der Waals surface area contributed by atoms with Crippen LogP contribution < -0.4 is 4.74 Å². The standard InChI is InChI=1S/C11H9Cl2NOS/c12-5-8-4-11(14-6-10(8)13)15-7-9-2-1-3-16-9/h1-4,6H,5,7H2. The predicted octanol–water partition coefficient (Wildman–Crippen LogP) is 4.11. The van der Waals surface area contributed by atoms with Gasteiger partial charge in [-0.3, -0.25) is 0 Å². The molecule has 0 amide bonds. The van der Waals surface area contributed by atoms with Crippen molar-refractivity contribution < 1.29 is 4.74 Å². The molecule has 0 bridgehead atoms. The maximum absolute atomic E-state index is 5.90. The van der Waals surface area contributed by atoms with Crippen LogP contribution in [0.5, 0.6) is 5.88 Å². The van der Waals surface area contributed by atoms with Gasteiger partial charge in [-0.25, -0.2) is 4.98 Å². The van der Waals surface area contributed by atoms with E-state index in [0.717, 1.165) is 10.4 Å². The fraction of sp³-hybridized carbons (Fsp3) is 0.182. The predicted molar refractivity (Wildman–Crippen MR) is 67.5 cm³/mol. The summed E-state index contributed by atoms with van der Waals surface area (Å²) >= 11 is 13.3. The minimum atomic E-state index is 0.358. The Balaban J connectivity index is 2.04. The van der Waals surface area contributed by atoms with Crippen molar-refractivity contribution >= 4 is 34.5 Å². The Morgan fingerprint density at radius 2 is 2.31 bits per heavy atom. The van der Waals surface area contributed by atoms with E-state index in [9.17, 15) is 0 Å². The minimum Gasteiger partial charge on any atom is -0.472 e. The zero-order valence-corrected chi connectivity index (χ0v) is 10.6. The number of thiophene rings is 1. The van der Waals surface area contributed by atoms with Crippen LogP contribution in [0, 0.1) is 0 Å². The average Bonchev–Trinajstić information content (AvgIpc) is 2.81. The van der Waals surface area contributed by atoms with Crippen molar-refractivity contribution in [2.75, 3.05) is 0 Å². The lowest BCUT2D eigenvalue weighted by Crippen LogP contribution is -1.96. The summed E-state index contributed by atoms with van der Waals surface area (Å²) in [4.78, 5) is 5.23. The third-order valence-electron chi connectivity index (χ3n) is 2.00. The summed E-state index contributed by atoms with van der Waals surface area (Å²) in [7, 11) is 0. The summed E-state index contributed by atoms with van der Waals surface area (Å²) in [6.45, 7) is 0.522. The second-order valence-corrected chi connectivity index (χ2v) is 4.82. The summed E-state index contributed by atoms with van der Waals surface area (Å²) < 4.78 is 5.53. The van der Waals surface area contributed by atoms with Crippen LogP contribution in [-0.2, 0) is 12.5 Å². The van der Waals surface area contributed by atoms with Crippen molar-refractivity contribution in [2.45, 2.75) is 12.5 Å². The molecular weight excluding hydrogens is 265 g/mol. The quantitative estimate of drug-likeness (QED) is 0.782. The molecule has 2 nitrogen and oxygen atoms in total. The average molecular weight is 274 g/mol. The van der Waals surface area contributed by atoms with Gasteiger partial charge in [0.1, 0.15) is 6.61 Å². The smallest absolute Gasteiger partial charge is 0.213 e. The van der Waals surface area contributed by atoms with E-state index in [4.69, 9.17) is 27.9 Å². The van der Waals surface area contributed by atoms with Crippen LogP contribution in [0.25, 0.3) is 0 Å². The van der Waals surface area contributed by atoms with Crippen molar-refractivity contribution in [1.29, 1.82) is 0 Å². The zero-order valence-electron chi connectivity index (χ0n) is 8.32. The highest BCUT2D eigenvalue weighted by Crippen LogP contribution is 2.22. The molecule has 0 aliphatic rings. The molecule has 0 N–H and O–H groups in total. The van der Waals surface area contributed by atoms with E-state index >= 15 is 0 Å². The first-order valence-electron chi connectivity index (χ1n) is 4.65. The van der Waals surface area contributed by atoms with E-state index in [1.165, 1.54) is 0 Å². The van der Waals surface area contributed by atoms with Crippen LogP contribution in [0.15, 0.2) is 29.8 Å². The molecule has 2 aromatic rings. The number of halogens is 2. The lowest BCUT2D eigenvalue weighted by Gasteiger charge is -2.05. The van der Waals surface area contributed by atoms with E-state index in [0.29, 0.717) is 23.4 Å². The summed E-state index contributed by atoms with van der Waals surface area (Å²) in [5.41, 5.74) is 0.833. The maximum Gasteiger partial charge on any atom is 0.213 e. The molecule has 0 fully saturated rings. The number of hydrogen-bond donors (Lipinski definition) is 0. The number of ether oxygens (including phenoxy) is 1. The van der Waals surface area contributed by atoms with Crippen LogP contribution in [0.3, 0.4) is 0 Å². The molecule has 2 heterocycles. The molecule has 84 valence electrons. The Labute approximate surface area is 108 Å². The third kappa shape index (κ3) is 2.88. The van der Waals surface area contributed by atoms with Crippen LogP contribution in [-0.4, -0.2) is 4.98 Å². The normalized spacial score (nSPS) is 10.4. The molecule has 0 unspecified atom stereocenters. The second-order valence-electron chi connectivity index (χ2n) is 3.12. The first-order chi connectivity index (χ1) is 7.79. The van der Waals surface area contributed by atoms with Gasteiger partial charge in [-0.2, -0.15) is 0 Å². The van der Waals surface area contributed by atoms with Crippen molar-refractivity contribution in [3.8, 4) is 5.88 Å². The lowest BCUT2D eigenvalue weighted by molar-refractivity contribution is 0.297. The Bertz CT molecular complexity index is 459. The topological polar surface area (TPSA) is 22.1 Å². The van der Waals surface area contributed by atoms with Gasteiger partial charge in [0, 0.05) is 23.0 Å². The van der Waals surface area contributed by atoms with Crippen LogP contribution >= 0.6 is 34.5 Å². The first kappa shape index (κ1) is 11.7. The first-order valence-corrected chi connectivity index (χ1v) is 6.44. The number of rotatable bonds is 4. The molecule has 0 saturated heterocycles. The molecular formula is C11H9Cl2NOS. The van der Waals surface area contributed by atoms with Crippen LogP contribution in [0.1, 0.15) is 10.4 Å². The molecule has 2 aromatic heterocycles. The summed E-state index contributed by atoms with van der Waals surface area (Å²) in [6, 6.07) is 5.77. The Hall–Kier alpha value is -0.770. The van der Waals surface area contributed by atoms with Crippen LogP contribution in [0.4, 0.5) is 0 Å². The lowest BCUT2D eigenvalue weighted by atomic mass is 10.3. The minimum absolute atomic E-state index is 0.358. The molecule has 0 spiro atoms. The third-order valence-corrected chi connectivity index (χ3v) is 3.47.